The van der Waals surface area contributed by atoms with Gasteiger partial charge in [-0.2, -0.15) is 0 Å². The second-order valence-electron chi connectivity index (χ2n) is 4.29. The van der Waals surface area contributed by atoms with Crippen molar-refractivity contribution in [1.82, 2.24) is 0 Å². The second-order valence-corrected chi connectivity index (χ2v) is 4.56. The van der Waals surface area contributed by atoms with Crippen LogP contribution in [0.4, 0.5) is 5.69 Å². The highest BCUT2D eigenvalue weighted by molar-refractivity contribution is 6.29. The van der Waals surface area contributed by atoms with Crippen molar-refractivity contribution in [2.75, 3.05) is 17.8 Å². The van der Waals surface area contributed by atoms with E-state index in [4.69, 9.17) is 16.3 Å². The number of alkyl halides is 1. The summed E-state index contributed by atoms with van der Waals surface area (Å²) in [5.74, 6) is 0.445. The molecule has 2 aromatic carbocycles. The lowest BCUT2D eigenvalue weighted by Crippen LogP contribution is -2.12. The first kappa shape index (κ1) is 14.4. The minimum Gasteiger partial charge on any atom is -0.493 e. The first-order chi connectivity index (χ1) is 9.78. The van der Waals surface area contributed by atoms with Gasteiger partial charge in [0, 0.05) is 18.2 Å². The van der Waals surface area contributed by atoms with Crippen LogP contribution in [0.3, 0.4) is 0 Å². The van der Waals surface area contributed by atoms with Gasteiger partial charge in [-0.05, 0) is 17.7 Å². The number of nitrogens with one attached hydrogen (secondary N) is 1. The van der Waals surface area contributed by atoms with Crippen LogP contribution >= 0.6 is 11.6 Å². The number of carbonyl (C=O) groups is 1. The average Bonchev–Trinajstić information content (AvgIpc) is 2.48. The van der Waals surface area contributed by atoms with E-state index in [1.807, 2.05) is 30.3 Å². The van der Waals surface area contributed by atoms with Crippen molar-refractivity contribution in [3.8, 4) is 5.75 Å². The van der Waals surface area contributed by atoms with Crippen LogP contribution in [-0.4, -0.2) is 18.4 Å². The maximum absolute atomic E-state index is 11.2. The Bertz CT molecular complexity index is 557. The molecule has 1 N–H and O–H groups in total. The van der Waals surface area contributed by atoms with Crippen LogP contribution in [0.5, 0.6) is 5.75 Å². The van der Waals surface area contributed by atoms with Crippen molar-refractivity contribution in [3.05, 3.63) is 60.2 Å². The fourth-order valence-corrected chi connectivity index (χ4v) is 1.86. The van der Waals surface area contributed by atoms with Gasteiger partial charge in [-0.1, -0.05) is 36.4 Å². The van der Waals surface area contributed by atoms with Crippen LogP contribution in [0.1, 0.15) is 5.56 Å². The molecule has 4 heteroatoms. The van der Waals surface area contributed by atoms with Crippen LogP contribution < -0.4 is 10.1 Å². The SMILES string of the molecule is O=C(CCl)Nc1cccc(OCCc2ccccc2)c1. The molecule has 3 nitrogen and oxygen atoms in total. The molecule has 0 aliphatic heterocycles. The van der Waals surface area contributed by atoms with Gasteiger partial charge in [0.1, 0.15) is 11.6 Å². The molecule has 0 saturated carbocycles. The number of ether oxygens (including phenoxy) is 1. The summed E-state index contributed by atoms with van der Waals surface area (Å²) in [7, 11) is 0. The van der Waals surface area contributed by atoms with E-state index in [1.165, 1.54) is 5.56 Å². The molecule has 2 aromatic rings. The summed E-state index contributed by atoms with van der Waals surface area (Å²) >= 11 is 5.45. The van der Waals surface area contributed by atoms with Gasteiger partial charge >= 0.3 is 0 Å². The molecule has 0 atom stereocenters. The van der Waals surface area contributed by atoms with Crippen LogP contribution in [0.2, 0.25) is 0 Å². The number of benzene rings is 2. The summed E-state index contributed by atoms with van der Waals surface area (Å²) < 4.78 is 5.68. The Morgan fingerprint density at radius 3 is 2.65 bits per heavy atom. The lowest BCUT2D eigenvalue weighted by atomic mass is 10.2. The molecule has 1 amide bonds. The second kappa shape index (κ2) is 7.56. The molecule has 0 bridgehead atoms. The fraction of sp³-hybridized carbons (Fsp3) is 0.188. The number of hydrogen-bond donors (Lipinski definition) is 1. The molecule has 104 valence electrons. The van der Waals surface area contributed by atoms with Gasteiger partial charge in [-0.3, -0.25) is 4.79 Å². The van der Waals surface area contributed by atoms with Gasteiger partial charge in [-0.15, -0.1) is 11.6 Å². The number of hydrogen-bond acceptors (Lipinski definition) is 2. The molecule has 0 fully saturated rings. The van der Waals surface area contributed by atoms with Crippen molar-refractivity contribution in [1.29, 1.82) is 0 Å². The third-order valence-corrected chi connectivity index (χ3v) is 2.98. The van der Waals surface area contributed by atoms with Gasteiger partial charge in [0.25, 0.3) is 0 Å². The van der Waals surface area contributed by atoms with Crippen LogP contribution in [0, 0.1) is 0 Å². The molecule has 2 rings (SSSR count). The lowest BCUT2D eigenvalue weighted by Gasteiger charge is -2.08. The molecule has 0 aliphatic carbocycles. The van der Waals surface area contributed by atoms with Crippen LogP contribution in [0.25, 0.3) is 0 Å². The number of amides is 1. The molecule has 20 heavy (non-hydrogen) atoms. The minimum absolute atomic E-state index is 0.0565. The normalized spacial score (nSPS) is 10.1. The molecule has 0 radical (unpaired) electrons. The Morgan fingerprint density at radius 2 is 1.90 bits per heavy atom. The topological polar surface area (TPSA) is 38.3 Å². The largest absolute Gasteiger partial charge is 0.493 e. The highest BCUT2D eigenvalue weighted by Crippen LogP contribution is 2.17. The van der Waals surface area contributed by atoms with Crippen molar-refractivity contribution in [2.24, 2.45) is 0 Å². The predicted molar refractivity (Wildman–Crippen MR) is 81.4 cm³/mol. The summed E-state index contributed by atoms with van der Waals surface area (Å²) in [5, 5.41) is 2.69. The Morgan fingerprint density at radius 1 is 1.10 bits per heavy atom. The molecular weight excluding hydrogens is 274 g/mol. The molecule has 0 unspecified atom stereocenters. The zero-order valence-electron chi connectivity index (χ0n) is 11.0. The first-order valence-corrected chi connectivity index (χ1v) is 6.94. The van der Waals surface area contributed by atoms with Crippen molar-refractivity contribution in [2.45, 2.75) is 6.42 Å². The van der Waals surface area contributed by atoms with Gasteiger partial charge in [0.2, 0.25) is 5.91 Å². The molecule has 0 aromatic heterocycles. The Balaban J connectivity index is 1.86. The first-order valence-electron chi connectivity index (χ1n) is 6.40. The van der Waals surface area contributed by atoms with E-state index in [0.29, 0.717) is 12.3 Å². The van der Waals surface area contributed by atoms with Crippen molar-refractivity contribution < 1.29 is 9.53 Å². The summed E-state index contributed by atoms with van der Waals surface area (Å²) in [4.78, 5) is 11.2. The van der Waals surface area contributed by atoms with Crippen molar-refractivity contribution in [3.63, 3.8) is 0 Å². The highest BCUT2D eigenvalue weighted by atomic mass is 35.5. The molecule has 0 spiro atoms. The third-order valence-electron chi connectivity index (χ3n) is 2.74. The molecule has 0 heterocycles. The fourth-order valence-electron chi connectivity index (χ4n) is 1.79. The van der Waals surface area contributed by atoms with Crippen LogP contribution in [-0.2, 0) is 11.2 Å². The number of anilines is 1. The van der Waals surface area contributed by atoms with Crippen LogP contribution in [0.15, 0.2) is 54.6 Å². The monoisotopic (exact) mass is 289 g/mol. The quantitative estimate of drug-likeness (QED) is 0.827. The average molecular weight is 290 g/mol. The van der Waals surface area contributed by atoms with Gasteiger partial charge < -0.3 is 10.1 Å². The standard InChI is InChI=1S/C16H16ClNO2/c17-12-16(19)18-14-7-4-8-15(11-14)20-10-9-13-5-2-1-3-6-13/h1-8,11H,9-10,12H2,(H,18,19). The summed E-state index contributed by atoms with van der Waals surface area (Å²) in [6.45, 7) is 0.594. The third kappa shape index (κ3) is 4.59. The highest BCUT2D eigenvalue weighted by Gasteiger charge is 2.01. The van der Waals surface area contributed by atoms with E-state index >= 15 is 0 Å². The van der Waals surface area contributed by atoms with Gasteiger partial charge in [0.05, 0.1) is 6.61 Å². The minimum atomic E-state index is -0.229. The van der Waals surface area contributed by atoms with E-state index in [2.05, 4.69) is 17.4 Å². The van der Waals surface area contributed by atoms with Gasteiger partial charge in [0.15, 0.2) is 0 Å². The number of rotatable bonds is 6. The van der Waals surface area contributed by atoms with E-state index in [0.717, 1.165) is 12.2 Å². The molecular formula is C16H16ClNO2. The summed E-state index contributed by atoms with van der Waals surface area (Å²) in [6, 6.07) is 17.4. The Hall–Kier alpha value is -2.00. The van der Waals surface area contributed by atoms with E-state index in [9.17, 15) is 4.79 Å². The Labute approximate surface area is 123 Å². The maximum Gasteiger partial charge on any atom is 0.239 e. The molecule has 0 aliphatic rings. The predicted octanol–water partition coefficient (Wildman–Crippen LogP) is 3.49. The van der Waals surface area contributed by atoms with E-state index in [1.54, 1.807) is 12.1 Å². The van der Waals surface area contributed by atoms with E-state index < -0.39 is 0 Å². The number of halogens is 1. The number of carbonyl (C=O) groups excluding carboxylic acids is 1. The summed E-state index contributed by atoms with van der Waals surface area (Å²) in [5.41, 5.74) is 1.92. The molecule has 0 saturated heterocycles. The summed E-state index contributed by atoms with van der Waals surface area (Å²) in [6.07, 6.45) is 0.846. The van der Waals surface area contributed by atoms with Crippen molar-refractivity contribution >= 4 is 23.2 Å². The maximum atomic E-state index is 11.2. The van der Waals surface area contributed by atoms with E-state index in [-0.39, 0.29) is 11.8 Å². The zero-order chi connectivity index (χ0) is 14.2. The zero-order valence-corrected chi connectivity index (χ0v) is 11.8. The van der Waals surface area contributed by atoms with Gasteiger partial charge in [-0.25, -0.2) is 0 Å². The Kier molecular flexibility index (Phi) is 5.44. The lowest BCUT2D eigenvalue weighted by molar-refractivity contribution is -0.113. The smallest absolute Gasteiger partial charge is 0.239 e.